The predicted octanol–water partition coefficient (Wildman–Crippen LogP) is 9.72. The van der Waals surface area contributed by atoms with E-state index >= 15 is 0 Å². The zero-order valence-corrected chi connectivity index (χ0v) is 36.6. The summed E-state index contributed by atoms with van der Waals surface area (Å²) in [6, 6.07) is 5.31. The van der Waals surface area contributed by atoms with Crippen LogP contribution in [0, 0.1) is 23.7 Å². The van der Waals surface area contributed by atoms with Crippen molar-refractivity contribution in [1.82, 2.24) is 9.88 Å². The molecule has 5 rings (SSSR count). The fourth-order valence-corrected chi connectivity index (χ4v) is 9.72. The third-order valence-electron chi connectivity index (χ3n) is 12.3. The number of unbranched alkanes of at least 4 members (excludes halogenated alkanes) is 1. The van der Waals surface area contributed by atoms with E-state index in [-0.39, 0.29) is 35.6 Å². The van der Waals surface area contributed by atoms with Crippen LogP contribution in [0.1, 0.15) is 111 Å². The molecule has 0 radical (unpaired) electrons. The lowest BCUT2D eigenvalue weighted by molar-refractivity contribution is -0.161. The summed E-state index contributed by atoms with van der Waals surface area (Å²) in [6.07, 6.45) is 9.23. The molecule has 8 atom stereocenters. The zero-order chi connectivity index (χ0) is 41.4. The van der Waals surface area contributed by atoms with E-state index in [9.17, 15) is 14.4 Å². The van der Waals surface area contributed by atoms with Crippen molar-refractivity contribution in [2.24, 2.45) is 23.7 Å². The van der Waals surface area contributed by atoms with Crippen LogP contribution >= 0.6 is 23.2 Å². The first-order valence-electron chi connectivity index (χ1n) is 20.8. The van der Waals surface area contributed by atoms with Crippen molar-refractivity contribution in [3.63, 3.8) is 0 Å². The highest BCUT2D eigenvalue weighted by molar-refractivity contribution is 6.35. The second-order valence-corrected chi connectivity index (χ2v) is 17.7. The number of aromatic nitrogens is 1. The Labute approximate surface area is 349 Å². The number of esters is 1. The van der Waals surface area contributed by atoms with Crippen LogP contribution in [0.15, 0.2) is 30.6 Å². The van der Waals surface area contributed by atoms with E-state index in [1.807, 2.05) is 52.8 Å². The van der Waals surface area contributed by atoms with E-state index < -0.39 is 35.9 Å². The Balaban J connectivity index is 1.38. The lowest BCUT2D eigenvalue weighted by atomic mass is 9.77. The Morgan fingerprint density at radius 2 is 1.65 bits per heavy atom. The molecule has 57 heavy (non-hydrogen) atoms. The van der Waals surface area contributed by atoms with Crippen LogP contribution in [-0.4, -0.2) is 85.0 Å². The van der Waals surface area contributed by atoms with Crippen molar-refractivity contribution in [2.75, 3.05) is 32.2 Å². The molecule has 13 heteroatoms. The van der Waals surface area contributed by atoms with Crippen LogP contribution < -0.4 is 14.4 Å². The average molecular weight is 833 g/mol. The summed E-state index contributed by atoms with van der Waals surface area (Å²) in [6.45, 7) is 13.1. The minimum absolute atomic E-state index is 0.0308. The quantitative estimate of drug-likeness (QED) is 0.143. The Morgan fingerprint density at radius 3 is 2.30 bits per heavy atom. The number of carbonyl (C=O) groups excluding carboxylic acids is 3. The molecule has 0 N–H and O–H groups in total. The molecule has 2 saturated heterocycles. The topological polar surface area (TPSA) is 117 Å². The number of ether oxygens (including phenoxy) is 5. The SMILES string of the molecule is CC[C@H]1OC(=O)[C@H](C)C[C@H](C)C[C@](C)(OC)C[C@@H](C)C(=O)[C@H](C)[C@@H]2C1OC(=O)N2CCCCN(Cc1c(Cl)cncc1Cl)c1ccc(OC)c(OC2CCCC2)c1. The van der Waals surface area contributed by atoms with Crippen LogP contribution in [0.5, 0.6) is 11.5 Å². The monoisotopic (exact) mass is 831 g/mol. The van der Waals surface area contributed by atoms with E-state index in [1.165, 1.54) is 0 Å². The van der Waals surface area contributed by atoms with E-state index in [1.54, 1.807) is 31.5 Å². The highest BCUT2D eigenvalue weighted by Gasteiger charge is 2.51. The molecule has 0 spiro atoms. The molecule has 1 unspecified atom stereocenters. The van der Waals surface area contributed by atoms with Gasteiger partial charge in [0.2, 0.25) is 0 Å². The number of nitrogens with zero attached hydrogens (tertiary/aromatic N) is 3. The van der Waals surface area contributed by atoms with Crippen LogP contribution in [0.4, 0.5) is 10.5 Å². The molecular formula is C44H63Cl2N3O8. The van der Waals surface area contributed by atoms with Crippen LogP contribution in [-0.2, 0) is 30.3 Å². The summed E-state index contributed by atoms with van der Waals surface area (Å²) < 4.78 is 30.3. The van der Waals surface area contributed by atoms with Gasteiger partial charge in [-0.2, -0.15) is 0 Å². The number of amides is 1. The summed E-state index contributed by atoms with van der Waals surface area (Å²) in [5, 5.41) is 0.939. The minimum Gasteiger partial charge on any atom is -0.493 e. The van der Waals surface area contributed by atoms with E-state index in [2.05, 4.69) is 16.8 Å². The first-order chi connectivity index (χ1) is 27.2. The third kappa shape index (κ3) is 11.1. The summed E-state index contributed by atoms with van der Waals surface area (Å²) in [5.74, 6) is -0.0258. The van der Waals surface area contributed by atoms with Gasteiger partial charge in [0.15, 0.2) is 17.6 Å². The van der Waals surface area contributed by atoms with Gasteiger partial charge in [-0.15, -0.1) is 0 Å². The summed E-state index contributed by atoms with van der Waals surface area (Å²) >= 11 is 13.3. The maximum Gasteiger partial charge on any atom is 0.410 e. The van der Waals surface area contributed by atoms with E-state index in [0.717, 1.165) is 36.9 Å². The first-order valence-corrected chi connectivity index (χ1v) is 21.6. The first kappa shape index (κ1) is 44.8. The van der Waals surface area contributed by atoms with Gasteiger partial charge in [0, 0.05) is 68.3 Å². The molecular weight excluding hydrogens is 769 g/mol. The molecule has 0 bridgehead atoms. The number of cyclic esters (lactones) is 1. The zero-order valence-electron chi connectivity index (χ0n) is 35.1. The Morgan fingerprint density at radius 1 is 0.947 bits per heavy atom. The maximum absolute atomic E-state index is 14.3. The fraction of sp³-hybridized carbons (Fsp3) is 0.682. The number of hydrogen-bond acceptors (Lipinski definition) is 10. The van der Waals surface area contributed by atoms with Crippen molar-refractivity contribution in [3.05, 3.63) is 46.2 Å². The van der Waals surface area contributed by atoms with Gasteiger partial charge in [-0.1, -0.05) is 57.8 Å². The number of carbonyl (C=O) groups is 3. The molecule has 1 amide bonds. The maximum atomic E-state index is 14.3. The molecule has 1 aromatic heterocycles. The molecule has 3 fully saturated rings. The highest BCUT2D eigenvalue weighted by atomic mass is 35.5. The summed E-state index contributed by atoms with van der Waals surface area (Å²) in [4.78, 5) is 49.6. The highest BCUT2D eigenvalue weighted by Crippen LogP contribution is 2.39. The number of ketones is 1. The van der Waals surface area contributed by atoms with Gasteiger partial charge in [-0.05, 0) is 89.2 Å². The standard InChI is InChI=1S/C44H63Cl2N3O8/c1-9-36-41-39(30(5)40(50)29(4)23-44(6,54-8)22-27(2)20-28(3)42(51)56-36)49(43(52)57-41)19-13-12-18-48(26-33-34(45)24-47-25-35(33)46)31-16-17-37(53-7)38(21-31)55-32-14-10-11-15-32/h16-17,21,24-25,27-30,32,36,39,41H,9-15,18-20,22-23,26H2,1-8H3/t27-,28+,29+,30+,36+,39+,41?,44-/m0/s1. The average Bonchev–Trinajstić information content (AvgIpc) is 3.81. The normalized spacial score (nSPS) is 29.1. The number of methoxy groups -OCH3 is 2. The van der Waals surface area contributed by atoms with Crippen LogP contribution in [0.3, 0.4) is 0 Å². The molecule has 1 aromatic carbocycles. The van der Waals surface area contributed by atoms with Gasteiger partial charge >= 0.3 is 12.1 Å². The van der Waals surface area contributed by atoms with Gasteiger partial charge in [0.1, 0.15) is 11.9 Å². The smallest absolute Gasteiger partial charge is 0.410 e. The number of benzene rings is 1. The van der Waals surface area contributed by atoms with Crippen molar-refractivity contribution >= 4 is 46.7 Å². The van der Waals surface area contributed by atoms with Gasteiger partial charge in [0.25, 0.3) is 0 Å². The number of pyridine rings is 1. The third-order valence-corrected chi connectivity index (χ3v) is 13.0. The second-order valence-electron chi connectivity index (χ2n) is 16.9. The van der Waals surface area contributed by atoms with Crippen LogP contribution in [0.2, 0.25) is 10.0 Å². The Bertz CT molecular complexity index is 1670. The molecule has 11 nitrogen and oxygen atoms in total. The Hall–Kier alpha value is -3.28. The van der Waals surface area contributed by atoms with Crippen molar-refractivity contribution < 1.29 is 38.1 Å². The molecule has 1 saturated carbocycles. The second kappa shape index (κ2) is 20.1. The molecule has 2 aromatic rings. The van der Waals surface area contributed by atoms with Gasteiger partial charge < -0.3 is 33.5 Å². The minimum atomic E-state index is -0.788. The molecule has 3 aliphatic rings. The summed E-state index contributed by atoms with van der Waals surface area (Å²) in [7, 11) is 3.32. The van der Waals surface area contributed by atoms with Crippen molar-refractivity contribution in [2.45, 2.75) is 142 Å². The fourth-order valence-electron chi connectivity index (χ4n) is 9.23. The molecule has 3 heterocycles. The van der Waals surface area contributed by atoms with E-state index in [4.69, 9.17) is 46.9 Å². The predicted molar refractivity (Wildman–Crippen MR) is 222 cm³/mol. The van der Waals surface area contributed by atoms with Gasteiger partial charge in [-0.25, -0.2) is 4.79 Å². The van der Waals surface area contributed by atoms with Gasteiger partial charge in [0.05, 0.1) is 40.8 Å². The number of hydrogen-bond donors (Lipinski definition) is 0. The van der Waals surface area contributed by atoms with Crippen molar-refractivity contribution in [1.29, 1.82) is 0 Å². The largest absolute Gasteiger partial charge is 0.493 e. The number of halogens is 2. The summed E-state index contributed by atoms with van der Waals surface area (Å²) in [5.41, 5.74) is 1.11. The lowest BCUT2D eigenvalue weighted by Gasteiger charge is -2.37. The Kier molecular flexibility index (Phi) is 15.8. The van der Waals surface area contributed by atoms with Gasteiger partial charge in [-0.3, -0.25) is 14.6 Å². The van der Waals surface area contributed by atoms with Crippen LogP contribution in [0.25, 0.3) is 0 Å². The van der Waals surface area contributed by atoms with E-state index in [0.29, 0.717) is 79.7 Å². The molecule has 316 valence electrons. The molecule has 2 aliphatic heterocycles. The lowest BCUT2D eigenvalue weighted by Crippen LogP contribution is -2.51. The molecule has 1 aliphatic carbocycles. The number of Topliss-reactive ketones (excluding diaryl/α,β-unsaturated/α-hetero) is 1. The number of rotatable bonds is 13. The number of fused-ring (bicyclic) bond motifs is 1. The van der Waals surface area contributed by atoms with Crippen molar-refractivity contribution in [3.8, 4) is 11.5 Å². The number of anilines is 1.